The summed E-state index contributed by atoms with van der Waals surface area (Å²) in [6.45, 7) is 3.78. The quantitative estimate of drug-likeness (QED) is 0.582. The molecule has 0 bridgehead atoms. The molecule has 3 N–H and O–H groups in total. The van der Waals surface area contributed by atoms with Crippen molar-refractivity contribution in [3.63, 3.8) is 0 Å². The van der Waals surface area contributed by atoms with Crippen LogP contribution in [0, 0.1) is 10.1 Å². The van der Waals surface area contributed by atoms with E-state index in [0.717, 1.165) is 6.07 Å². The molecule has 10 heteroatoms. The van der Waals surface area contributed by atoms with Crippen LogP contribution in [0.5, 0.6) is 0 Å². The molecule has 0 aliphatic rings. The number of nitrogens with two attached hydrogens (primary N) is 1. The lowest BCUT2D eigenvalue weighted by molar-refractivity contribution is -0.384. The van der Waals surface area contributed by atoms with Crippen LogP contribution in [0.3, 0.4) is 0 Å². The first kappa shape index (κ1) is 17.3. The predicted molar refractivity (Wildman–Crippen MR) is 78.7 cm³/mol. The molecule has 1 rings (SSSR count). The minimum Gasteiger partial charge on any atom is -0.329 e. The van der Waals surface area contributed by atoms with Gasteiger partial charge in [0.15, 0.2) is 4.34 Å². The molecule has 0 aliphatic carbocycles. The Kier molecular flexibility index (Phi) is 5.50. The lowest BCUT2D eigenvalue weighted by Gasteiger charge is -2.30. The third-order valence-corrected chi connectivity index (χ3v) is 6.59. The number of nitrogens with one attached hydrogen (secondary N) is 1. The Balaban J connectivity index is 3.17. The highest BCUT2D eigenvalue weighted by atomic mass is 35.5. The van der Waals surface area contributed by atoms with Crippen LogP contribution in [-0.2, 0) is 10.0 Å². The molecule has 114 valence electrons. The van der Waals surface area contributed by atoms with Gasteiger partial charge in [-0.15, -0.1) is 11.3 Å². The van der Waals surface area contributed by atoms with Gasteiger partial charge in [0.05, 0.1) is 4.92 Å². The van der Waals surface area contributed by atoms with Gasteiger partial charge in [0, 0.05) is 18.2 Å². The van der Waals surface area contributed by atoms with Crippen molar-refractivity contribution in [1.29, 1.82) is 0 Å². The highest BCUT2D eigenvalue weighted by Crippen LogP contribution is 2.36. The number of rotatable bonds is 7. The van der Waals surface area contributed by atoms with E-state index in [1.807, 2.05) is 13.8 Å². The normalized spacial score (nSPS) is 12.6. The number of nitrogens with zero attached hydrogens (tertiary/aromatic N) is 1. The highest BCUT2D eigenvalue weighted by molar-refractivity contribution is 7.91. The van der Waals surface area contributed by atoms with Crippen molar-refractivity contribution in [2.75, 3.05) is 6.54 Å². The van der Waals surface area contributed by atoms with Gasteiger partial charge in [-0.05, 0) is 12.8 Å². The fraction of sp³-hybridized carbons (Fsp3) is 0.600. The van der Waals surface area contributed by atoms with Crippen LogP contribution >= 0.6 is 22.9 Å². The van der Waals surface area contributed by atoms with Crippen LogP contribution in [0.25, 0.3) is 0 Å². The first-order valence-electron chi connectivity index (χ1n) is 5.89. The van der Waals surface area contributed by atoms with Gasteiger partial charge in [-0.1, -0.05) is 25.4 Å². The van der Waals surface area contributed by atoms with Crippen LogP contribution in [-0.4, -0.2) is 25.4 Å². The van der Waals surface area contributed by atoms with Gasteiger partial charge in [-0.2, -0.15) is 0 Å². The minimum atomic E-state index is -3.89. The standard InChI is InChI=1S/C10H16ClN3O4S2/c1-3-10(4-2,6-12)13-20(17,18)8-5-7(14(15)16)9(11)19-8/h5,13H,3-4,6,12H2,1-2H3. The molecule has 20 heavy (non-hydrogen) atoms. The summed E-state index contributed by atoms with van der Waals surface area (Å²) in [7, 11) is -3.89. The van der Waals surface area contributed by atoms with Gasteiger partial charge in [-0.25, -0.2) is 13.1 Å². The molecule has 0 saturated carbocycles. The number of hydrogen-bond donors (Lipinski definition) is 2. The summed E-state index contributed by atoms with van der Waals surface area (Å²) >= 11 is 6.33. The zero-order valence-electron chi connectivity index (χ0n) is 11.1. The summed E-state index contributed by atoms with van der Waals surface area (Å²) in [6, 6.07) is 0.960. The van der Waals surface area contributed by atoms with Crippen LogP contribution in [0.4, 0.5) is 5.69 Å². The summed E-state index contributed by atoms with van der Waals surface area (Å²) in [5, 5.41) is 10.7. The van der Waals surface area contributed by atoms with E-state index in [2.05, 4.69) is 4.72 Å². The maximum atomic E-state index is 12.3. The van der Waals surface area contributed by atoms with Crippen molar-refractivity contribution in [2.45, 2.75) is 36.4 Å². The second kappa shape index (κ2) is 6.35. The van der Waals surface area contributed by atoms with Gasteiger partial charge in [-0.3, -0.25) is 10.1 Å². The molecule has 1 heterocycles. The van der Waals surface area contributed by atoms with Crippen molar-refractivity contribution < 1.29 is 13.3 Å². The van der Waals surface area contributed by atoms with E-state index < -0.39 is 26.2 Å². The molecule has 1 aromatic rings. The minimum absolute atomic E-state index is 0.139. The van der Waals surface area contributed by atoms with Gasteiger partial charge in [0.2, 0.25) is 0 Å². The maximum absolute atomic E-state index is 12.3. The van der Waals surface area contributed by atoms with Crippen molar-refractivity contribution >= 4 is 38.6 Å². The van der Waals surface area contributed by atoms with E-state index in [0.29, 0.717) is 24.2 Å². The average Bonchev–Trinajstić information content (AvgIpc) is 2.79. The van der Waals surface area contributed by atoms with E-state index in [4.69, 9.17) is 17.3 Å². The van der Waals surface area contributed by atoms with Crippen molar-refractivity contribution in [3.8, 4) is 0 Å². The second-order valence-corrected chi connectivity index (χ2v) is 7.84. The zero-order valence-corrected chi connectivity index (χ0v) is 13.4. The lowest BCUT2D eigenvalue weighted by atomic mass is 9.95. The summed E-state index contributed by atoms with van der Waals surface area (Å²) in [6.07, 6.45) is 1.03. The van der Waals surface area contributed by atoms with Gasteiger partial charge < -0.3 is 5.73 Å². The Morgan fingerprint density at radius 3 is 2.40 bits per heavy atom. The SMILES string of the molecule is CCC(CC)(CN)NS(=O)(=O)c1cc([N+](=O)[O-])c(Cl)s1. The van der Waals surface area contributed by atoms with Gasteiger partial charge in [0.25, 0.3) is 15.7 Å². The number of nitro groups is 1. The van der Waals surface area contributed by atoms with Gasteiger partial charge >= 0.3 is 0 Å². The van der Waals surface area contributed by atoms with E-state index in [1.165, 1.54) is 0 Å². The van der Waals surface area contributed by atoms with E-state index >= 15 is 0 Å². The molecule has 0 aliphatic heterocycles. The monoisotopic (exact) mass is 341 g/mol. The largest absolute Gasteiger partial charge is 0.329 e. The van der Waals surface area contributed by atoms with Crippen molar-refractivity contribution in [2.24, 2.45) is 5.73 Å². The fourth-order valence-electron chi connectivity index (χ4n) is 1.66. The van der Waals surface area contributed by atoms with Crippen molar-refractivity contribution in [3.05, 3.63) is 20.5 Å². The smallest absolute Gasteiger partial charge is 0.300 e. The summed E-state index contributed by atoms with van der Waals surface area (Å²) in [5.74, 6) is 0. The molecule has 0 fully saturated rings. The zero-order chi connectivity index (χ0) is 15.6. The van der Waals surface area contributed by atoms with E-state index in [-0.39, 0.29) is 15.1 Å². The number of sulfonamides is 1. The van der Waals surface area contributed by atoms with E-state index in [1.54, 1.807) is 0 Å². The van der Waals surface area contributed by atoms with Gasteiger partial charge in [0.1, 0.15) is 4.21 Å². The number of hydrogen-bond acceptors (Lipinski definition) is 6. The number of thiophene rings is 1. The number of halogens is 1. The molecule has 0 atom stereocenters. The first-order valence-corrected chi connectivity index (χ1v) is 8.57. The van der Waals surface area contributed by atoms with E-state index in [9.17, 15) is 18.5 Å². The molecule has 7 nitrogen and oxygen atoms in total. The molecule has 1 aromatic heterocycles. The third-order valence-electron chi connectivity index (χ3n) is 3.20. The highest BCUT2D eigenvalue weighted by Gasteiger charge is 2.33. The molecule has 0 aromatic carbocycles. The molecule has 0 spiro atoms. The second-order valence-electron chi connectivity index (χ2n) is 4.28. The van der Waals surface area contributed by atoms with Crippen molar-refractivity contribution in [1.82, 2.24) is 4.72 Å². The Hall–Kier alpha value is -0.740. The maximum Gasteiger partial charge on any atom is 0.300 e. The summed E-state index contributed by atoms with van der Waals surface area (Å²) in [4.78, 5) is 9.99. The molecule has 0 saturated heterocycles. The summed E-state index contributed by atoms with van der Waals surface area (Å²) in [5.41, 5.74) is 4.47. The summed E-state index contributed by atoms with van der Waals surface area (Å²) < 4.78 is 26.7. The Labute approximate surface area is 126 Å². The van der Waals surface area contributed by atoms with Crippen LogP contribution in [0.15, 0.2) is 10.3 Å². The Morgan fingerprint density at radius 1 is 1.50 bits per heavy atom. The molecular weight excluding hydrogens is 326 g/mol. The topological polar surface area (TPSA) is 115 Å². The molecule has 0 unspecified atom stereocenters. The van der Waals surface area contributed by atoms with Crippen LogP contribution < -0.4 is 10.5 Å². The predicted octanol–water partition coefficient (Wildman–Crippen LogP) is 2.11. The first-order chi connectivity index (χ1) is 9.21. The molecule has 0 radical (unpaired) electrons. The Morgan fingerprint density at radius 2 is 2.05 bits per heavy atom. The molecule has 0 amide bonds. The van der Waals surface area contributed by atoms with Crippen LogP contribution in [0.2, 0.25) is 4.34 Å². The molecular formula is C10H16ClN3O4S2. The average molecular weight is 342 g/mol. The third kappa shape index (κ3) is 3.47. The van der Waals surface area contributed by atoms with Crippen LogP contribution in [0.1, 0.15) is 26.7 Å². The Bertz CT molecular complexity index is 587. The lowest BCUT2D eigenvalue weighted by Crippen LogP contribution is -2.52. The fourth-order valence-corrected chi connectivity index (χ4v) is 4.87.